The van der Waals surface area contributed by atoms with E-state index in [0.29, 0.717) is 6.42 Å². The van der Waals surface area contributed by atoms with Gasteiger partial charge in [-0.25, -0.2) is 5.48 Å². The minimum Gasteiger partial charge on any atom is -0.289 e. The third-order valence-electron chi connectivity index (χ3n) is 2.60. The van der Waals surface area contributed by atoms with Crippen molar-refractivity contribution in [3.8, 4) is 0 Å². The summed E-state index contributed by atoms with van der Waals surface area (Å²) in [5, 5.41) is 8.57. The van der Waals surface area contributed by atoms with Crippen LogP contribution in [-0.2, 0) is 11.2 Å². The van der Waals surface area contributed by atoms with E-state index in [1.807, 2.05) is 44.2 Å². The van der Waals surface area contributed by atoms with Crippen molar-refractivity contribution in [3.05, 3.63) is 35.9 Å². The molecule has 0 bridgehead atoms. The molecule has 0 aliphatic carbocycles. The molecular formula is C12H17NO2. The minimum absolute atomic E-state index is 0.335. The Balaban J connectivity index is 2.53. The van der Waals surface area contributed by atoms with Gasteiger partial charge in [-0.15, -0.1) is 0 Å². The van der Waals surface area contributed by atoms with Crippen LogP contribution in [0.2, 0.25) is 0 Å². The lowest BCUT2D eigenvalue weighted by atomic mass is 9.85. The highest BCUT2D eigenvalue weighted by Gasteiger charge is 2.26. The summed E-state index contributed by atoms with van der Waals surface area (Å²) in [6.07, 6.45) is 1.55. The van der Waals surface area contributed by atoms with Crippen LogP contribution in [-0.4, -0.2) is 11.1 Å². The van der Waals surface area contributed by atoms with Gasteiger partial charge in [0.1, 0.15) is 0 Å². The topological polar surface area (TPSA) is 49.3 Å². The van der Waals surface area contributed by atoms with Gasteiger partial charge in [-0.3, -0.25) is 10.0 Å². The molecule has 1 aromatic carbocycles. The maximum Gasteiger partial charge on any atom is 0.248 e. The first-order chi connectivity index (χ1) is 7.06. The van der Waals surface area contributed by atoms with Gasteiger partial charge >= 0.3 is 0 Å². The summed E-state index contributed by atoms with van der Waals surface area (Å²) >= 11 is 0. The maximum atomic E-state index is 11.3. The van der Waals surface area contributed by atoms with Crippen molar-refractivity contribution in [2.75, 3.05) is 0 Å². The highest BCUT2D eigenvalue weighted by molar-refractivity contribution is 5.80. The minimum atomic E-state index is -0.537. The van der Waals surface area contributed by atoms with Crippen molar-refractivity contribution in [1.29, 1.82) is 0 Å². The number of hydrogen-bond donors (Lipinski definition) is 2. The number of carbonyl (C=O) groups excluding carboxylic acids is 1. The van der Waals surface area contributed by atoms with Crippen LogP contribution in [0.1, 0.15) is 25.8 Å². The Labute approximate surface area is 90.1 Å². The smallest absolute Gasteiger partial charge is 0.248 e. The number of nitrogens with one attached hydrogen (secondary N) is 1. The van der Waals surface area contributed by atoms with Gasteiger partial charge in [-0.05, 0) is 18.4 Å². The van der Waals surface area contributed by atoms with Crippen molar-refractivity contribution in [2.45, 2.75) is 26.7 Å². The Morgan fingerprint density at radius 1 is 1.33 bits per heavy atom. The number of aryl methyl sites for hydroxylation is 1. The molecule has 3 nitrogen and oxygen atoms in total. The Bertz CT molecular complexity index is 320. The molecule has 0 aromatic heterocycles. The van der Waals surface area contributed by atoms with Gasteiger partial charge in [0.05, 0.1) is 0 Å². The molecule has 2 N–H and O–H groups in total. The summed E-state index contributed by atoms with van der Waals surface area (Å²) in [6.45, 7) is 3.64. The fraction of sp³-hybridized carbons (Fsp3) is 0.417. The fourth-order valence-electron chi connectivity index (χ4n) is 1.37. The van der Waals surface area contributed by atoms with Crippen LogP contribution in [0, 0.1) is 5.41 Å². The normalized spacial score (nSPS) is 11.1. The number of benzene rings is 1. The quantitative estimate of drug-likeness (QED) is 0.587. The number of rotatable bonds is 4. The molecule has 3 heteroatoms. The third kappa shape index (κ3) is 3.36. The molecule has 0 radical (unpaired) electrons. The zero-order valence-electron chi connectivity index (χ0n) is 9.16. The molecule has 0 heterocycles. The first kappa shape index (κ1) is 11.7. The first-order valence-corrected chi connectivity index (χ1v) is 5.05. The zero-order valence-corrected chi connectivity index (χ0v) is 9.16. The van der Waals surface area contributed by atoms with Gasteiger partial charge in [0.25, 0.3) is 0 Å². The molecular weight excluding hydrogens is 190 g/mol. The van der Waals surface area contributed by atoms with E-state index in [1.165, 1.54) is 5.56 Å². The van der Waals surface area contributed by atoms with Crippen LogP contribution >= 0.6 is 0 Å². The van der Waals surface area contributed by atoms with E-state index < -0.39 is 5.41 Å². The molecule has 1 rings (SSSR count). The standard InChI is InChI=1S/C12H17NO2/c1-12(2,11(14)13-15)9-8-10-6-4-3-5-7-10/h3-7,15H,8-9H2,1-2H3,(H,13,14). The second-order valence-corrected chi connectivity index (χ2v) is 4.31. The van der Waals surface area contributed by atoms with Crippen molar-refractivity contribution in [3.63, 3.8) is 0 Å². The van der Waals surface area contributed by atoms with E-state index >= 15 is 0 Å². The number of hydrogen-bond acceptors (Lipinski definition) is 2. The number of carbonyl (C=O) groups is 1. The second kappa shape index (κ2) is 4.94. The zero-order chi connectivity index (χ0) is 11.3. The van der Waals surface area contributed by atoms with E-state index in [0.717, 1.165) is 6.42 Å². The first-order valence-electron chi connectivity index (χ1n) is 5.05. The Kier molecular flexibility index (Phi) is 3.86. The van der Waals surface area contributed by atoms with E-state index in [4.69, 9.17) is 5.21 Å². The predicted octanol–water partition coefficient (Wildman–Crippen LogP) is 2.15. The fourth-order valence-corrected chi connectivity index (χ4v) is 1.37. The lowest BCUT2D eigenvalue weighted by Crippen LogP contribution is -2.35. The molecule has 82 valence electrons. The third-order valence-corrected chi connectivity index (χ3v) is 2.60. The van der Waals surface area contributed by atoms with Crippen LogP contribution in [0.4, 0.5) is 0 Å². The summed E-state index contributed by atoms with van der Waals surface area (Å²) in [7, 11) is 0. The molecule has 0 aliphatic rings. The lowest BCUT2D eigenvalue weighted by molar-refractivity contribution is -0.138. The molecule has 0 unspecified atom stereocenters. The van der Waals surface area contributed by atoms with Gasteiger partial charge in [0.15, 0.2) is 0 Å². The van der Waals surface area contributed by atoms with Gasteiger partial charge in [0, 0.05) is 5.41 Å². The molecule has 0 spiro atoms. The van der Waals surface area contributed by atoms with Crippen LogP contribution in [0.25, 0.3) is 0 Å². The Morgan fingerprint density at radius 3 is 2.47 bits per heavy atom. The average molecular weight is 207 g/mol. The average Bonchev–Trinajstić information content (AvgIpc) is 2.27. The van der Waals surface area contributed by atoms with E-state index in [1.54, 1.807) is 5.48 Å². The van der Waals surface area contributed by atoms with E-state index in [-0.39, 0.29) is 5.91 Å². The summed E-state index contributed by atoms with van der Waals surface area (Å²) in [5.41, 5.74) is 2.37. The molecule has 0 saturated heterocycles. The summed E-state index contributed by atoms with van der Waals surface area (Å²) in [5.74, 6) is -0.335. The van der Waals surface area contributed by atoms with Crippen LogP contribution in [0.5, 0.6) is 0 Å². The second-order valence-electron chi connectivity index (χ2n) is 4.31. The van der Waals surface area contributed by atoms with E-state index in [9.17, 15) is 4.79 Å². The van der Waals surface area contributed by atoms with Crippen molar-refractivity contribution < 1.29 is 10.0 Å². The molecule has 1 aromatic rings. The summed E-state index contributed by atoms with van der Waals surface area (Å²) < 4.78 is 0. The van der Waals surface area contributed by atoms with Crippen molar-refractivity contribution in [2.24, 2.45) is 5.41 Å². The molecule has 0 fully saturated rings. The predicted molar refractivity (Wildman–Crippen MR) is 58.5 cm³/mol. The molecule has 0 atom stereocenters. The number of amides is 1. The van der Waals surface area contributed by atoms with Crippen LogP contribution in [0.3, 0.4) is 0 Å². The molecule has 0 aliphatic heterocycles. The number of hydroxylamine groups is 1. The highest BCUT2D eigenvalue weighted by Crippen LogP contribution is 2.22. The lowest BCUT2D eigenvalue weighted by Gasteiger charge is -2.21. The summed E-state index contributed by atoms with van der Waals surface area (Å²) in [4.78, 5) is 11.3. The maximum absolute atomic E-state index is 11.3. The van der Waals surface area contributed by atoms with Crippen molar-refractivity contribution >= 4 is 5.91 Å². The van der Waals surface area contributed by atoms with Crippen LogP contribution in [0.15, 0.2) is 30.3 Å². The Hall–Kier alpha value is -1.35. The van der Waals surface area contributed by atoms with Gasteiger partial charge in [0.2, 0.25) is 5.91 Å². The molecule has 1 amide bonds. The summed E-state index contributed by atoms with van der Waals surface area (Å²) in [6, 6.07) is 10.00. The Morgan fingerprint density at radius 2 is 1.93 bits per heavy atom. The van der Waals surface area contributed by atoms with Crippen LogP contribution < -0.4 is 5.48 Å². The van der Waals surface area contributed by atoms with E-state index in [2.05, 4.69) is 0 Å². The molecule has 0 saturated carbocycles. The molecule has 15 heavy (non-hydrogen) atoms. The van der Waals surface area contributed by atoms with Gasteiger partial charge in [-0.2, -0.15) is 0 Å². The SMILES string of the molecule is CC(C)(CCc1ccccc1)C(=O)NO. The largest absolute Gasteiger partial charge is 0.289 e. The highest BCUT2D eigenvalue weighted by atomic mass is 16.5. The monoisotopic (exact) mass is 207 g/mol. The van der Waals surface area contributed by atoms with Gasteiger partial charge < -0.3 is 0 Å². The van der Waals surface area contributed by atoms with Crippen molar-refractivity contribution in [1.82, 2.24) is 5.48 Å². The van der Waals surface area contributed by atoms with Gasteiger partial charge in [-0.1, -0.05) is 44.2 Å².